The van der Waals surface area contributed by atoms with E-state index in [2.05, 4.69) is 43.3 Å². The lowest BCUT2D eigenvalue weighted by Gasteiger charge is -2.19. The first-order valence-corrected chi connectivity index (χ1v) is 9.42. The predicted molar refractivity (Wildman–Crippen MR) is 106 cm³/mol. The van der Waals surface area contributed by atoms with Gasteiger partial charge in [0, 0.05) is 19.3 Å². The molecule has 1 heterocycles. The van der Waals surface area contributed by atoms with Gasteiger partial charge >= 0.3 is 0 Å². The minimum absolute atomic E-state index is 0.115. The van der Waals surface area contributed by atoms with Crippen LogP contribution < -0.4 is 10.1 Å². The number of ether oxygens (including phenoxy) is 2. The molecule has 0 radical (unpaired) electrons. The van der Waals surface area contributed by atoms with E-state index in [1.165, 1.54) is 5.56 Å². The van der Waals surface area contributed by atoms with Gasteiger partial charge in [0.2, 0.25) is 0 Å². The van der Waals surface area contributed by atoms with E-state index in [0.29, 0.717) is 18.8 Å². The van der Waals surface area contributed by atoms with Gasteiger partial charge in [0.25, 0.3) is 5.91 Å². The van der Waals surface area contributed by atoms with E-state index in [1.54, 1.807) is 16.9 Å². The molecule has 0 saturated heterocycles. The number of carbonyl (C=O) groups is 1. The number of rotatable bonds is 9. The van der Waals surface area contributed by atoms with Crippen LogP contribution in [0.15, 0.2) is 36.5 Å². The first kappa shape index (κ1) is 21.0. The maximum atomic E-state index is 12.1. The molecule has 0 bridgehead atoms. The number of benzene rings is 1. The number of hydrogen-bond donors (Lipinski definition) is 1. The molecular formula is C21H31N3O3. The molecule has 0 atom stereocenters. The van der Waals surface area contributed by atoms with Gasteiger partial charge in [-0.1, -0.05) is 32.9 Å². The van der Waals surface area contributed by atoms with Crippen LogP contribution in [0.5, 0.6) is 5.75 Å². The second kappa shape index (κ2) is 9.55. The van der Waals surface area contributed by atoms with Gasteiger partial charge in [-0.2, -0.15) is 5.10 Å². The van der Waals surface area contributed by atoms with Crippen molar-refractivity contribution in [2.45, 2.75) is 59.3 Å². The van der Waals surface area contributed by atoms with Crippen molar-refractivity contribution in [3.8, 4) is 5.75 Å². The van der Waals surface area contributed by atoms with E-state index >= 15 is 0 Å². The standard InChI is InChI=1S/C21H31N3O3/c1-16(2)26-14-6-12-22-20(25)19-11-13-24(23-19)15-27-18-9-7-17(8-10-18)21(3,4)5/h7-11,13,16H,6,12,14-15H2,1-5H3,(H,22,25). The fourth-order valence-electron chi connectivity index (χ4n) is 2.43. The Balaban J connectivity index is 1.77. The normalized spacial score (nSPS) is 11.6. The molecule has 0 saturated carbocycles. The highest BCUT2D eigenvalue weighted by Gasteiger charge is 2.13. The zero-order valence-corrected chi connectivity index (χ0v) is 17.0. The van der Waals surface area contributed by atoms with Crippen molar-refractivity contribution in [3.05, 3.63) is 47.8 Å². The molecule has 0 fully saturated rings. The van der Waals surface area contributed by atoms with Crippen LogP contribution in [0.2, 0.25) is 0 Å². The lowest BCUT2D eigenvalue weighted by molar-refractivity contribution is 0.0756. The number of nitrogens with one attached hydrogen (secondary N) is 1. The fraction of sp³-hybridized carbons (Fsp3) is 0.524. The Labute approximate surface area is 161 Å². The molecule has 1 amide bonds. The second-order valence-corrected chi connectivity index (χ2v) is 7.82. The fourth-order valence-corrected chi connectivity index (χ4v) is 2.43. The number of aromatic nitrogens is 2. The Hall–Kier alpha value is -2.34. The van der Waals surface area contributed by atoms with Crippen LogP contribution in [0.3, 0.4) is 0 Å². The quantitative estimate of drug-likeness (QED) is 0.680. The second-order valence-electron chi connectivity index (χ2n) is 7.82. The first-order chi connectivity index (χ1) is 12.8. The summed E-state index contributed by atoms with van der Waals surface area (Å²) in [5.74, 6) is 0.586. The lowest BCUT2D eigenvalue weighted by atomic mass is 9.87. The van der Waals surface area contributed by atoms with Crippen molar-refractivity contribution in [2.75, 3.05) is 13.2 Å². The molecular weight excluding hydrogens is 342 g/mol. The van der Waals surface area contributed by atoms with Crippen molar-refractivity contribution in [1.29, 1.82) is 0 Å². The minimum atomic E-state index is -0.187. The predicted octanol–water partition coefficient (Wildman–Crippen LogP) is 3.76. The molecule has 6 heteroatoms. The average Bonchev–Trinajstić information content (AvgIpc) is 3.08. The van der Waals surface area contributed by atoms with Crippen molar-refractivity contribution in [2.24, 2.45) is 0 Å². The van der Waals surface area contributed by atoms with Gasteiger partial charge in [0.15, 0.2) is 6.73 Å². The maximum Gasteiger partial charge on any atom is 0.271 e. The van der Waals surface area contributed by atoms with Gasteiger partial charge in [-0.05, 0) is 49.4 Å². The van der Waals surface area contributed by atoms with Gasteiger partial charge in [0.05, 0.1) is 6.10 Å². The van der Waals surface area contributed by atoms with Crippen LogP contribution in [-0.4, -0.2) is 34.9 Å². The Bertz CT molecular complexity index is 715. The summed E-state index contributed by atoms with van der Waals surface area (Å²) in [5, 5.41) is 7.10. The van der Waals surface area contributed by atoms with Crippen LogP contribution in [-0.2, 0) is 16.9 Å². The molecule has 27 heavy (non-hydrogen) atoms. The Kier molecular flexibility index (Phi) is 7.42. The SMILES string of the molecule is CC(C)OCCCNC(=O)c1ccn(COc2ccc(C(C)(C)C)cc2)n1. The molecule has 148 valence electrons. The Morgan fingerprint density at radius 2 is 1.89 bits per heavy atom. The highest BCUT2D eigenvalue weighted by molar-refractivity contribution is 5.92. The van der Waals surface area contributed by atoms with Gasteiger partial charge in [0.1, 0.15) is 11.4 Å². The van der Waals surface area contributed by atoms with Crippen molar-refractivity contribution >= 4 is 5.91 Å². The average molecular weight is 373 g/mol. The molecule has 1 N–H and O–H groups in total. The van der Waals surface area contributed by atoms with Gasteiger partial charge in [-0.15, -0.1) is 0 Å². The van der Waals surface area contributed by atoms with Crippen LogP contribution in [0, 0.1) is 0 Å². The lowest BCUT2D eigenvalue weighted by Crippen LogP contribution is -2.26. The molecule has 0 aliphatic heterocycles. The van der Waals surface area contributed by atoms with Crippen molar-refractivity contribution in [1.82, 2.24) is 15.1 Å². The number of nitrogens with zero attached hydrogens (tertiary/aromatic N) is 2. The van der Waals surface area contributed by atoms with Gasteiger partial charge in [-0.3, -0.25) is 4.79 Å². The summed E-state index contributed by atoms with van der Waals surface area (Å²) in [6, 6.07) is 9.74. The van der Waals surface area contributed by atoms with Crippen LogP contribution in [0.1, 0.15) is 57.1 Å². The third-order valence-electron chi connectivity index (χ3n) is 4.01. The smallest absolute Gasteiger partial charge is 0.271 e. The number of hydrogen-bond acceptors (Lipinski definition) is 4. The van der Waals surface area contributed by atoms with E-state index < -0.39 is 0 Å². The van der Waals surface area contributed by atoms with E-state index in [4.69, 9.17) is 9.47 Å². The molecule has 2 rings (SSSR count). The summed E-state index contributed by atoms with van der Waals surface area (Å²) in [7, 11) is 0. The van der Waals surface area contributed by atoms with E-state index in [0.717, 1.165) is 12.2 Å². The summed E-state index contributed by atoms with van der Waals surface area (Å²) in [6.45, 7) is 12.0. The third kappa shape index (κ3) is 7.06. The first-order valence-electron chi connectivity index (χ1n) is 9.42. The van der Waals surface area contributed by atoms with E-state index in [1.807, 2.05) is 26.0 Å². The molecule has 1 aromatic carbocycles. The Morgan fingerprint density at radius 1 is 1.19 bits per heavy atom. The molecule has 0 aliphatic rings. The molecule has 2 aromatic rings. The van der Waals surface area contributed by atoms with Crippen molar-refractivity contribution in [3.63, 3.8) is 0 Å². The zero-order chi connectivity index (χ0) is 19.9. The zero-order valence-electron chi connectivity index (χ0n) is 17.0. The Morgan fingerprint density at radius 3 is 2.52 bits per heavy atom. The summed E-state index contributed by atoms with van der Waals surface area (Å²) in [4.78, 5) is 12.1. The molecule has 1 aromatic heterocycles. The van der Waals surface area contributed by atoms with Crippen LogP contribution in [0.4, 0.5) is 0 Å². The number of carbonyl (C=O) groups excluding carboxylic acids is 1. The molecule has 0 spiro atoms. The van der Waals surface area contributed by atoms with Crippen LogP contribution >= 0.6 is 0 Å². The third-order valence-corrected chi connectivity index (χ3v) is 4.01. The minimum Gasteiger partial charge on any atom is -0.471 e. The highest BCUT2D eigenvalue weighted by Crippen LogP contribution is 2.24. The van der Waals surface area contributed by atoms with E-state index in [9.17, 15) is 4.79 Å². The summed E-state index contributed by atoms with van der Waals surface area (Å²) < 4.78 is 12.8. The summed E-state index contributed by atoms with van der Waals surface area (Å²) >= 11 is 0. The maximum absolute atomic E-state index is 12.1. The van der Waals surface area contributed by atoms with E-state index in [-0.39, 0.29) is 24.2 Å². The highest BCUT2D eigenvalue weighted by atomic mass is 16.5. The largest absolute Gasteiger partial charge is 0.471 e. The van der Waals surface area contributed by atoms with Crippen molar-refractivity contribution < 1.29 is 14.3 Å². The number of amides is 1. The van der Waals surface area contributed by atoms with Gasteiger partial charge in [-0.25, -0.2) is 4.68 Å². The molecule has 0 unspecified atom stereocenters. The molecule has 0 aliphatic carbocycles. The monoisotopic (exact) mass is 373 g/mol. The van der Waals surface area contributed by atoms with Gasteiger partial charge < -0.3 is 14.8 Å². The summed E-state index contributed by atoms with van der Waals surface area (Å²) in [5.41, 5.74) is 1.75. The summed E-state index contributed by atoms with van der Waals surface area (Å²) in [6.07, 6.45) is 2.72. The molecule has 6 nitrogen and oxygen atoms in total. The van der Waals surface area contributed by atoms with Crippen LogP contribution in [0.25, 0.3) is 0 Å². The topological polar surface area (TPSA) is 65.4 Å².